The molecule has 5 nitrogen and oxygen atoms in total. The van der Waals surface area contributed by atoms with Crippen molar-refractivity contribution in [2.75, 3.05) is 5.32 Å². The lowest BCUT2D eigenvalue weighted by atomic mass is 9.87. The second-order valence-electron chi connectivity index (χ2n) is 7.31. The van der Waals surface area contributed by atoms with Crippen LogP contribution in [-0.4, -0.2) is 11.8 Å². The molecule has 3 N–H and O–H groups in total. The van der Waals surface area contributed by atoms with E-state index in [0.29, 0.717) is 27.8 Å². The molecule has 0 spiro atoms. The molecule has 1 aromatic heterocycles. The molecule has 0 fully saturated rings. The van der Waals surface area contributed by atoms with Crippen molar-refractivity contribution in [3.8, 4) is 11.5 Å². The fourth-order valence-corrected chi connectivity index (χ4v) is 4.83. The number of benzene rings is 2. The van der Waals surface area contributed by atoms with Crippen LogP contribution in [0.4, 0.5) is 5.00 Å². The Balaban J connectivity index is 1.52. The molecular weight excluding hydrogens is 384 g/mol. The van der Waals surface area contributed by atoms with E-state index in [1.165, 1.54) is 11.3 Å². The number of anilines is 1. The number of rotatable bonds is 5. The molecule has 0 aliphatic heterocycles. The summed E-state index contributed by atoms with van der Waals surface area (Å²) in [7, 11) is 0. The van der Waals surface area contributed by atoms with E-state index in [-0.39, 0.29) is 5.91 Å². The lowest BCUT2D eigenvalue weighted by Gasteiger charge is -2.18. The lowest BCUT2D eigenvalue weighted by molar-refractivity contribution is 0.1000. The maximum Gasteiger partial charge on any atom is 0.256 e. The van der Waals surface area contributed by atoms with Crippen LogP contribution in [0, 0.1) is 5.92 Å². The van der Waals surface area contributed by atoms with Gasteiger partial charge < -0.3 is 15.8 Å². The van der Waals surface area contributed by atoms with Gasteiger partial charge in [0, 0.05) is 10.4 Å². The van der Waals surface area contributed by atoms with Gasteiger partial charge in [-0.25, -0.2) is 0 Å². The first-order valence-corrected chi connectivity index (χ1v) is 10.4. The Morgan fingerprint density at radius 3 is 2.45 bits per heavy atom. The zero-order valence-corrected chi connectivity index (χ0v) is 16.9. The third-order valence-electron chi connectivity index (χ3n) is 5.08. The number of aryl methyl sites for hydroxylation is 1. The number of carbonyl (C=O) groups is 2. The predicted octanol–water partition coefficient (Wildman–Crippen LogP) is 5.02. The van der Waals surface area contributed by atoms with Crippen molar-refractivity contribution in [3.05, 3.63) is 76.2 Å². The van der Waals surface area contributed by atoms with Crippen LogP contribution < -0.4 is 15.8 Å². The highest BCUT2D eigenvalue weighted by Crippen LogP contribution is 2.39. The summed E-state index contributed by atoms with van der Waals surface area (Å²) in [6.07, 6.45) is 2.83. The van der Waals surface area contributed by atoms with Gasteiger partial charge in [-0.1, -0.05) is 25.1 Å². The number of hydrogen-bond acceptors (Lipinski definition) is 4. The lowest BCUT2D eigenvalue weighted by Crippen LogP contribution is -2.19. The van der Waals surface area contributed by atoms with Gasteiger partial charge in [0.1, 0.15) is 16.5 Å². The number of fused-ring (bicyclic) bond motifs is 1. The minimum atomic E-state index is -0.487. The van der Waals surface area contributed by atoms with Crippen molar-refractivity contribution in [2.24, 2.45) is 11.7 Å². The van der Waals surface area contributed by atoms with Crippen molar-refractivity contribution in [2.45, 2.75) is 26.2 Å². The van der Waals surface area contributed by atoms with E-state index < -0.39 is 5.91 Å². The Morgan fingerprint density at radius 2 is 1.76 bits per heavy atom. The molecule has 1 aliphatic rings. The molecule has 4 rings (SSSR count). The first-order valence-electron chi connectivity index (χ1n) is 9.60. The molecule has 1 aliphatic carbocycles. The van der Waals surface area contributed by atoms with Crippen LogP contribution in [0.3, 0.4) is 0 Å². The van der Waals surface area contributed by atoms with Crippen molar-refractivity contribution in [3.63, 3.8) is 0 Å². The van der Waals surface area contributed by atoms with Crippen LogP contribution in [-0.2, 0) is 12.8 Å². The summed E-state index contributed by atoms with van der Waals surface area (Å²) in [5, 5.41) is 3.43. The number of nitrogens with one attached hydrogen (secondary N) is 1. The second-order valence-corrected chi connectivity index (χ2v) is 8.42. The Morgan fingerprint density at radius 1 is 1.07 bits per heavy atom. The zero-order chi connectivity index (χ0) is 20.4. The molecule has 0 saturated carbocycles. The van der Waals surface area contributed by atoms with E-state index >= 15 is 0 Å². The average Bonchev–Trinajstić information content (AvgIpc) is 3.06. The Labute approximate surface area is 173 Å². The Hall–Kier alpha value is -3.12. The summed E-state index contributed by atoms with van der Waals surface area (Å²) in [5.41, 5.74) is 7.59. The molecule has 29 heavy (non-hydrogen) atoms. The number of para-hydroxylation sites is 1. The highest BCUT2D eigenvalue weighted by molar-refractivity contribution is 7.17. The van der Waals surface area contributed by atoms with E-state index in [1.807, 2.05) is 30.3 Å². The fourth-order valence-electron chi connectivity index (χ4n) is 3.58. The molecular formula is C23H22N2O3S. The number of thiophene rings is 1. The van der Waals surface area contributed by atoms with Crippen molar-refractivity contribution in [1.29, 1.82) is 0 Å². The van der Waals surface area contributed by atoms with Crippen LogP contribution in [0.2, 0.25) is 0 Å². The molecule has 0 bridgehead atoms. The van der Waals surface area contributed by atoms with Gasteiger partial charge in [0.05, 0.1) is 5.56 Å². The maximum atomic E-state index is 12.7. The molecule has 2 aromatic carbocycles. The van der Waals surface area contributed by atoms with E-state index in [4.69, 9.17) is 10.5 Å². The van der Waals surface area contributed by atoms with Gasteiger partial charge in [0.15, 0.2) is 0 Å². The third-order valence-corrected chi connectivity index (χ3v) is 6.28. The summed E-state index contributed by atoms with van der Waals surface area (Å²) in [4.78, 5) is 25.9. The average molecular weight is 407 g/mol. The molecule has 2 amide bonds. The molecule has 1 atom stereocenters. The predicted molar refractivity (Wildman–Crippen MR) is 115 cm³/mol. The van der Waals surface area contributed by atoms with Crippen LogP contribution >= 0.6 is 11.3 Å². The minimum absolute atomic E-state index is 0.273. The number of primary amides is 1. The molecule has 0 radical (unpaired) electrons. The number of carbonyl (C=O) groups excluding carboxylic acids is 2. The van der Waals surface area contributed by atoms with Crippen molar-refractivity contribution < 1.29 is 14.3 Å². The maximum absolute atomic E-state index is 12.7. The fraction of sp³-hybridized carbons (Fsp3) is 0.217. The standard InChI is InChI=1S/C23H22N2O3S/c1-14-7-12-19-18(13-14)20(21(24)26)23(29-19)25-22(27)15-8-10-17(11-9-15)28-16-5-3-2-4-6-16/h2-6,8-11,14H,7,12-13H2,1H3,(H2,24,26)(H,25,27)/t14-/m0/s1. The second kappa shape index (κ2) is 8.09. The first-order chi connectivity index (χ1) is 14.0. The molecule has 148 valence electrons. The molecule has 0 unspecified atom stereocenters. The van der Waals surface area contributed by atoms with E-state index in [2.05, 4.69) is 12.2 Å². The van der Waals surface area contributed by atoms with Gasteiger partial charge in [0.25, 0.3) is 11.8 Å². The van der Waals surface area contributed by atoms with Crippen LogP contribution in [0.15, 0.2) is 54.6 Å². The first kappa shape index (κ1) is 19.2. The van der Waals surface area contributed by atoms with Gasteiger partial charge in [-0.05, 0) is 67.1 Å². The minimum Gasteiger partial charge on any atom is -0.457 e. The molecule has 0 saturated heterocycles. The highest BCUT2D eigenvalue weighted by atomic mass is 32.1. The van der Waals surface area contributed by atoms with Crippen LogP contribution in [0.25, 0.3) is 0 Å². The number of hydrogen-bond donors (Lipinski definition) is 2. The number of nitrogens with two attached hydrogens (primary N) is 1. The van der Waals surface area contributed by atoms with Crippen LogP contribution in [0.1, 0.15) is 44.5 Å². The van der Waals surface area contributed by atoms with Crippen LogP contribution in [0.5, 0.6) is 11.5 Å². The smallest absolute Gasteiger partial charge is 0.256 e. The Bertz CT molecular complexity index is 1040. The van der Waals surface area contributed by atoms with Gasteiger partial charge in [-0.15, -0.1) is 11.3 Å². The SMILES string of the molecule is C[C@H]1CCc2sc(NC(=O)c3ccc(Oc4ccccc4)cc3)c(C(N)=O)c2C1. The van der Waals surface area contributed by atoms with Gasteiger partial charge >= 0.3 is 0 Å². The summed E-state index contributed by atoms with van der Waals surface area (Å²) >= 11 is 1.46. The number of amides is 2. The summed E-state index contributed by atoms with van der Waals surface area (Å²) in [6, 6.07) is 16.3. The molecule has 3 aromatic rings. The van der Waals surface area contributed by atoms with E-state index in [1.54, 1.807) is 24.3 Å². The number of ether oxygens (including phenoxy) is 1. The summed E-state index contributed by atoms with van der Waals surface area (Å²) < 4.78 is 5.76. The normalized spacial score (nSPS) is 15.4. The zero-order valence-electron chi connectivity index (χ0n) is 16.1. The summed E-state index contributed by atoms with van der Waals surface area (Å²) in [5.74, 6) is 1.13. The van der Waals surface area contributed by atoms with Gasteiger partial charge in [-0.2, -0.15) is 0 Å². The van der Waals surface area contributed by atoms with E-state index in [9.17, 15) is 9.59 Å². The molecule has 1 heterocycles. The quantitative estimate of drug-likeness (QED) is 0.624. The van der Waals surface area contributed by atoms with Crippen molar-refractivity contribution >= 4 is 28.2 Å². The van der Waals surface area contributed by atoms with Gasteiger partial charge in [-0.3, -0.25) is 9.59 Å². The molecule has 6 heteroatoms. The third kappa shape index (κ3) is 4.17. The topological polar surface area (TPSA) is 81.4 Å². The van der Waals surface area contributed by atoms with Crippen molar-refractivity contribution in [1.82, 2.24) is 0 Å². The van der Waals surface area contributed by atoms with Gasteiger partial charge in [0.2, 0.25) is 0 Å². The highest BCUT2D eigenvalue weighted by Gasteiger charge is 2.27. The monoisotopic (exact) mass is 406 g/mol. The largest absolute Gasteiger partial charge is 0.457 e. The summed E-state index contributed by atoms with van der Waals surface area (Å²) in [6.45, 7) is 2.17. The Kier molecular flexibility index (Phi) is 5.36. The van der Waals surface area contributed by atoms with E-state index in [0.717, 1.165) is 35.5 Å².